The van der Waals surface area contributed by atoms with E-state index in [4.69, 9.17) is 10.00 Å². The van der Waals surface area contributed by atoms with Crippen molar-refractivity contribution in [2.75, 3.05) is 7.11 Å². The zero-order chi connectivity index (χ0) is 10.7. The van der Waals surface area contributed by atoms with Crippen molar-refractivity contribution in [1.29, 1.82) is 5.26 Å². The standard InChI is InChI=1S/C11H12BrNO/c1-7-6-10(14-3)9(4-5-13)8(2)11(7)12/h6H,4H2,1-3H3. The van der Waals surface area contributed by atoms with Gasteiger partial charge in [0.05, 0.1) is 19.6 Å². The number of hydrogen-bond acceptors (Lipinski definition) is 2. The summed E-state index contributed by atoms with van der Waals surface area (Å²) >= 11 is 3.50. The number of methoxy groups -OCH3 is 1. The zero-order valence-corrected chi connectivity index (χ0v) is 10.1. The van der Waals surface area contributed by atoms with Crippen molar-refractivity contribution < 1.29 is 4.74 Å². The van der Waals surface area contributed by atoms with E-state index in [9.17, 15) is 0 Å². The lowest BCUT2D eigenvalue weighted by molar-refractivity contribution is 0.410. The number of rotatable bonds is 2. The van der Waals surface area contributed by atoms with Gasteiger partial charge in [0.1, 0.15) is 5.75 Å². The molecule has 0 amide bonds. The van der Waals surface area contributed by atoms with Gasteiger partial charge in [0.25, 0.3) is 0 Å². The number of hydrogen-bond donors (Lipinski definition) is 0. The van der Waals surface area contributed by atoms with Crippen molar-refractivity contribution in [3.05, 3.63) is 27.2 Å². The number of ether oxygens (including phenoxy) is 1. The van der Waals surface area contributed by atoms with E-state index >= 15 is 0 Å². The highest BCUT2D eigenvalue weighted by Crippen LogP contribution is 2.31. The molecule has 0 aliphatic heterocycles. The quantitative estimate of drug-likeness (QED) is 0.812. The minimum Gasteiger partial charge on any atom is -0.496 e. The van der Waals surface area contributed by atoms with Crippen molar-refractivity contribution in [1.82, 2.24) is 0 Å². The van der Waals surface area contributed by atoms with Crippen LogP contribution in [0.25, 0.3) is 0 Å². The predicted octanol–water partition coefficient (Wildman–Crippen LogP) is 3.14. The molecule has 14 heavy (non-hydrogen) atoms. The molecule has 0 heterocycles. The van der Waals surface area contributed by atoms with Crippen LogP contribution in [0.5, 0.6) is 5.75 Å². The first kappa shape index (κ1) is 11.1. The minimum atomic E-state index is 0.383. The molecule has 0 aromatic heterocycles. The van der Waals surface area contributed by atoms with Crippen LogP contribution in [0.1, 0.15) is 16.7 Å². The SMILES string of the molecule is COc1cc(C)c(Br)c(C)c1CC#N. The van der Waals surface area contributed by atoms with Gasteiger partial charge < -0.3 is 4.74 Å². The predicted molar refractivity (Wildman–Crippen MR) is 59.5 cm³/mol. The van der Waals surface area contributed by atoms with E-state index in [2.05, 4.69) is 22.0 Å². The average molecular weight is 254 g/mol. The van der Waals surface area contributed by atoms with Crippen LogP contribution in [-0.2, 0) is 6.42 Å². The van der Waals surface area contributed by atoms with Gasteiger partial charge in [0.2, 0.25) is 0 Å². The third kappa shape index (κ3) is 1.91. The van der Waals surface area contributed by atoms with Crippen molar-refractivity contribution >= 4 is 15.9 Å². The highest BCUT2D eigenvalue weighted by molar-refractivity contribution is 9.10. The van der Waals surface area contributed by atoms with Gasteiger partial charge in [-0.15, -0.1) is 0 Å². The Morgan fingerprint density at radius 1 is 1.50 bits per heavy atom. The number of halogens is 1. The molecule has 1 aromatic carbocycles. The highest BCUT2D eigenvalue weighted by Gasteiger charge is 2.11. The third-order valence-electron chi connectivity index (χ3n) is 2.25. The van der Waals surface area contributed by atoms with E-state index in [1.807, 2.05) is 19.9 Å². The Balaban J connectivity index is 3.38. The van der Waals surface area contributed by atoms with E-state index in [1.165, 1.54) is 0 Å². The van der Waals surface area contributed by atoms with Crippen LogP contribution in [0.3, 0.4) is 0 Å². The molecule has 0 fully saturated rings. The fraction of sp³-hybridized carbons (Fsp3) is 0.364. The molecule has 0 aliphatic carbocycles. The molecule has 0 atom stereocenters. The molecule has 0 aliphatic rings. The number of nitrogens with zero attached hydrogens (tertiary/aromatic N) is 1. The largest absolute Gasteiger partial charge is 0.496 e. The Hall–Kier alpha value is -1.01. The maximum Gasteiger partial charge on any atom is 0.123 e. The molecule has 3 heteroatoms. The molecule has 0 bridgehead atoms. The monoisotopic (exact) mass is 253 g/mol. The van der Waals surface area contributed by atoms with Crippen LogP contribution >= 0.6 is 15.9 Å². The summed E-state index contributed by atoms with van der Waals surface area (Å²) < 4.78 is 6.30. The molecular formula is C11H12BrNO. The number of aryl methyl sites for hydroxylation is 1. The maximum absolute atomic E-state index is 8.70. The molecular weight excluding hydrogens is 242 g/mol. The first-order valence-electron chi connectivity index (χ1n) is 4.31. The fourth-order valence-electron chi connectivity index (χ4n) is 1.44. The molecule has 1 aromatic rings. The Morgan fingerprint density at radius 2 is 2.14 bits per heavy atom. The van der Waals surface area contributed by atoms with Crippen LogP contribution in [0.15, 0.2) is 10.5 Å². The van der Waals surface area contributed by atoms with Crippen molar-refractivity contribution in [3.8, 4) is 11.8 Å². The summed E-state index contributed by atoms with van der Waals surface area (Å²) in [5.41, 5.74) is 3.18. The summed E-state index contributed by atoms with van der Waals surface area (Å²) in [5, 5.41) is 8.70. The summed E-state index contributed by atoms with van der Waals surface area (Å²) in [4.78, 5) is 0. The van der Waals surface area contributed by atoms with E-state index in [1.54, 1.807) is 7.11 Å². The molecule has 74 valence electrons. The van der Waals surface area contributed by atoms with Crippen molar-refractivity contribution in [2.24, 2.45) is 0 Å². The molecule has 1 rings (SSSR count). The molecule has 0 unspecified atom stereocenters. The second-order valence-electron chi connectivity index (χ2n) is 3.15. The van der Waals surface area contributed by atoms with Gasteiger partial charge in [0.15, 0.2) is 0 Å². The molecule has 2 nitrogen and oxygen atoms in total. The third-order valence-corrected chi connectivity index (χ3v) is 3.47. The topological polar surface area (TPSA) is 33.0 Å². The van der Waals surface area contributed by atoms with Gasteiger partial charge in [-0.1, -0.05) is 15.9 Å². The van der Waals surface area contributed by atoms with Gasteiger partial charge in [-0.25, -0.2) is 0 Å². The van der Waals surface area contributed by atoms with E-state index in [0.29, 0.717) is 6.42 Å². The second-order valence-corrected chi connectivity index (χ2v) is 3.94. The average Bonchev–Trinajstić information content (AvgIpc) is 2.19. The summed E-state index contributed by atoms with van der Waals surface area (Å²) in [6, 6.07) is 4.09. The van der Waals surface area contributed by atoms with Crippen LogP contribution in [0, 0.1) is 25.2 Å². The van der Waals surface area contributed by atoms with Gasteiger partial charge in [-0.05, 0) is 31.0 Å². The zero-order valence-electron chi connectivity index (χ0n) is 8.52. The smallest absolute Gasteiger partial charge is 0.123 e. The Labute approximate surface area is 92.6 Å². The highest BCUT2D eigenvalue weighted by atomic mass is 79.9. The van der Waals surface area contributed by atoms with Crippen LogP contribution in [0.2, 0.25) is 0 Å². The molecule has 0 N–H and O–H groups in total. The second kappa shape index (κ2) is 4.47. The Bertz CT molecular complexity index is 393. The first-order chi connectivity index (χ1) is 6.61. The van der Waals surface area contributed by atoms with E-state index in [0.717, 1.165) is 26.9 Å². The first-order valence-corrected chi connectivity index (χ1v) is 5.10. The lowest BCUT2D eigenvalue weighted by Crippen LogP contribution is -1.97. The summed E-state index contributed by atoms with van der Waals surface area (Å²) in [5.74, 6) is 0.796. The van der Waals surface area contributed by atoms with Crippen LogP contribution in [-0.4, -0.2) is 7.11 Å². The Kier molecular flexibility index (Phi) is 3.54. The minimum absolute atomic E-state index is 0.383. The number of benzene rings is 1. The lowest BCUT2D eigenvalue weighted by Gasteiger charge is -2.12. The maximum atomic E-state index is 8.70. The van der Waals surface area contributed by atoms with Crippen molar-refractivity contribution in [2.45, 2.75) is 20.3 Å². The van der Waals surface area contributed by atoms with Crippen LogP contribution < -0.4 is 4.74 Å². The summed E-state index contributed by atoms with van der Waals surface area (Å²) in [6.07, 6.45) is 0.383. The fourth-order valence-corrected chi connectivity index (χ4v) is 1.79. The van der Waals surface area contributed by atoms with Gasteiger partial charge in [-0.2, -0.15) is 5.26 Å². The Morgan fingerprint density at radius 3 is 2.64 bits per heavy atom. The lowest BCUT2D eigenvalue weighted by atomic mass is 10.0. The van der Waals surface area contributed by atoms with Gasteiger partial charge in [0, 0.05) is 10.0 Å². The van der Waals surface area contributed by atoms with Crippen LogP contribution in [0.4, 0.5) is 0 Å². The summed E-state index contributed by atoms with van der Waals surface area (Å²) in [6.45, 7) is 4.00. The molecule has 0 saturated heterocycles. The molecule has 0 saturated carbocycles. The van der Waals surface area contributed by atoms with Crippen molar-refractivity contribution in [3.63, 3.8) is 0 Å². The number of nitriles is 1. The summed E-state index contributed by atoms with van der Waals surface area (Å²) in [7, 11) is 1.63. The molecule has 0 spiro atoms. The van der Waals surface area contributed by atoms with Gasteiger partial charge >= 0.3 is 0 Å². The normalized spacial score (nSPS) is 9.64. The molecule has 0 radical (unpaired) electrons. The van der Waals surface area contributed by atoms with E-state index < -0.39 is 0 Å². The van der Waals surface area contributed by atoms with E-state index in [-0.39, 0.29) is 0 Å². The van der Waals surface area contributed by atoms with Gasteiger partial charge in [-0.3, -0.25) is 0 Å².